The van der Waals surface area contributed by atoms with Crippen LogP contribution >= 0.6 is 34.8 Å². The Morgan fingerprint density at radius 3 is 2.06 bits per heavy atom. The van der Waals surface area contributed by atoms with E-state index in [2.05, 4.69) is 5.32 Å². The molecule has 0 bridgehead atoms. The van der Waals surface area contributed by atoms with Crippen molar-refractivity contribution in [3.05, 3.63) is 27.2 Å². The molecule has 0 radical (unpaired) electrons. The second kappa shape index (κ2) is 6.66. The first-order chi connectivity index (χ1) is 7.99. The zero-order chi connectivity index (χ0) is 13.0. The zero-order valence-electron chi connectivity index (χ0n) is 9.76. The van der Waals surface area contributed by atoms with Gasteiger partial charge in [0.25, 0.3) is 0 Å². The van der Waals surface area contributed by atoms with Gasteiger partial charge in [0, 0.05) is 14.2 Å². The molecule has 96 valence electrons. The standard InChI is InChI=1S/C11H14Cl3NO2/c1-6(11(16-2)17-3)15-10-5-8(13)7(12)4-9(10)14/h4-6,11,15H,1-3H3. The summed E-state index contributed by atoms with van der Waals surface area (Å²) in [4.78, 5) is 0. The molecule has 0 amide bonds. The van der Waals surface area contributed by atoms with Gasteiger partial charge in [0.05, 0.1) is 26.8 Å². The Bertz CT molecular complexity index is 383. The Kier molecular flexibility index (Phi) is 5.83. The average Bonchev–Trinajstić information content (AvgIpc) is 2.27. The minimum absolute atomic E-state index is 0.0836. The monoisotopic (exact) mass is 297 g/mol. The lowest BCUT2D eigenvalue weighted by molar-refractivity contribution is -0.109. The maximum Gasteiger partial charge on any atom is 0.176 e. The van der Waals surface area contributed by atoms with Crippen LogP contribution in [0.2, 0.25) is 15.1 Å². The SMILES string of the molecule is COC(OC)C(C)Nc1cc(Cl)c(Cl)cc1Cl. The first kappa shape index (κ1) is 14.9. The fourth-order valence-electron chi connectivity index (χ4n) is 1.45. The maximum atomic E-state index is 6.05. The molecule has 0 fully saturated rings. The molecule has 0 aliphatic rings. The van der Waals surface area contributed by atoms with Crippen molar-refractivity contribution in [3.8, 4) is 0 Å². The van der Waals surface area contributed by atoms with Gasteiger partial charge in [-0.1, -0.05) is 34.8 Å². The molecule has 1 aromatic carbocycles. The molecule has 0 heterocycles. The van der Waals surface area contributed by atoms with Gasteiger partial charge in [0.1, 0.15) is 0 Å². The molecule has 0 saturated heterocycles. The molecule has 1 rings (SSSR count). The summed E-state index contributed by atoms with van der Waals surface area (Å²) >= 11 is 17.8. The van der Waals surface area contributed by atoms with Crippen LogP contribution in [-0.4, -0.2) is 26.6 Å². The zero-order valence-corrected chi connectivity index (χ0v) is 12.0. The summed E-state index contributed by atoms with van der Waals surface area (Å²) in [5, 5.41) is 4.52. The molecule has 1 aromatic rings. The van der Waals surface area contributed by atoms with E-state index in [0.717, 1.165) is 0 Å². The molecule has 3 nitrogen and oxygen atoms in total. The minimum Gasteiger partial charge on any atom is -0.376 e. The van der Waals surface area contributed by atoms with Gasteiger partial charge in [-0.3, -0.25) is 0 Å². The van der Waals surface area contributed by atoms with Crippen molar-refractivity contribution in [2.45, 2.75) is 19.3 Å². The van der Waals surface area contributed by atoms with E-state index in [1.807, 2.05) is 6.92 Å². The quantitative estimate of drug-likeness (QED) is 0.656. The molecule has 0 aliphatic carbocycles. The highest BCUT2D eigenvalue weighted by atomic mass is 35.5. The number of anilines is 1. The van der Waals surface area contributed by atoms with Crippen molar-refractivity contribution in [2.75, 3.05) is 19.5 Å². The summed E-state index contributed by atoms with van der Waals surface area (Å²) in [6.07, 6.45) is -0.375. The molecule has 1 unspecified atom stereocenters. The van der Waals surface area contributed by atoms with Gasteiger partial charge >= 0.3 is 0 Å². The highest BCUT2D eigenvalue weighted by Gasteiger charge is 2.17. The van der Waals surface area contributed by atoms with Crippen LogP contribution in [0.1, 0.15) is 6.92 Å². The van der Waals surface area contributed by atoms with Gasteiger partial charge in [0.15, 0.2) is 6.29 Å². The summed E-state index contributed by atoms with van der Waals surface area (Å²) in [6.45, 7) is 1.91. The van der Waals surface area contributed by atoms with Crippen molar-refractivity contribution in [2.24, 2.45) is 0 Å². The molecule has 0 aliphatic heterocycles. The van der Waals surface area contributed by atoms with Crippen LogP contribution in [0.25, 0.3) is 0 Å². The number of methoxy groups -OCH3 is 2. The van der Waals surface area contributed by atoms with Gasteiger partial charge < -0.3 is 14.8 Å². The molecule has 17 heavy (non-hydrogen) atoms. The second-order valence-corrected chi connectivity index (χ2v) is 4.74. The third-order valence-electron chi connectivity index (χ3n) is 2.27. The molecule has 1 N–H and O–H groups in total. The van der Waals surface area contributed by atoms with Crippen LogP contribution in [0.15, 0.2) is 12.1 Å². The lowest BCUT2D eigenvalue weighted by Crippen LogP contribution is -2.33. The van der Waals surface area contributed by atoms with Crippen LogP contribution in [-0.2, 0) is 9.47 Å². The predicted molar refractivity (Wildman–Crippen MR) is 72.4 cm³/mol. The normalized spacial score (nSPS) is 12.9. The summed E-state index contributed by atoms with van der Waals surface area (Å²) in [5.74, 6) is 0. The number of hydrogen-bond acceptors (Lipinski definition) is 3. The Morgan fingerprint density at radius 2 is 1.53 bits per heavy atom. The van der Waals surface area contributed by atoms with Crippen molar-refractivity contribution >= 4 is 40.5 Å². The van der Waals surface area contributed by atoms with E-state index >= 15 is 0 Å². The van der Waals surface area contributed by atoms with E-state index in [-0.39, 0.29) is 12.3 Å². The highest BCUT2D eigenvalue weighted by molar-refractivity contribution is 6.44. The fraction of sp³-hybridized carbons (Fsp3) is 0.455. The van der Waals surface area contributed by atoms with Gasteiger partial charge in [-0.2, -0.15) is 0 Å². The van der Waals surface area contributed by atoms with Crippen LogP contribution in [0.5, 0.6) is 0 Å². The lowest BCUT2D eigenvalue weighted by atomic mass is 10.2. The first-order valence-corrected chi connectivity index (χ1v) is 6.09. The summed E-state index contributed by atoms with van der Waals surface area (Å²) < 4.78 is 10.3. The van der Waals surface area contributed by atoms with E-state index in [1.54, 1.807) is 26.4 Å². The van der Waals surface area contributed by atoms with E-state index < -0.39 is 0 Å². The number of rotatable bonds is 5. The fourth-order valence-corrected chi connectivity index (χ4v) is 2.05. The van der Waals surface area contributed by atoms with Crippen LogP contribution in [0, 0.1) is 0 Å². The third-order valence-corrected chi connectivity index (χ3v) is 3.30. The largest absolute Gasteiger partial charge is 0.376 e. The van der Waals surface area contributed by atoms with Gasteiger partial charge in [-0.05, 0) is 19.1 Å². The van der Waals surface area contributed by atoms with E-state index in [0.29, 0.717) is 20.8 Å². The molecule has 0 saturated carbocycles. The lowest BCUT2D eigenvalue weighted by Gasteiger charge is -2.23. The summed E-state index contributed by atoms with van der Waals surface area (Å²) in [5.41, 5.74) is 0.688. The maximum absolute atomic E-state index is 6.05. The molecule has 0 aromatic heterocycles. The Balaban J connectivity index is 2.84. The summed E-state index contributed by atoms with van der Waals surface area (Å²) in [7, 11) is 3.14. The van der Waals surface area contributed by atoms with Crippen molar-refractivity contribution in [3.63, 3.8) is 0 Å². The van der Waals surface area contributed by atoms with E-state index in [1.165, 1.54) is 0 Å². The molecule has 6 heteroatoms. The Labute approximate surface area is 116 Å². The van der Waals surface area contributed by atoms with Gasteiger partial charge in [-0.25, -0.2) is 0 Å². The van der Waals surface area contributed by atoms with E-state index in [9.17, 15) is 0 Å². The second-order valence-electron chi connectivity index (χ2n) is 3.52. The molecular weight excluding hydrogens is 284 g/mol. The van der Waals surface area contributed by atoms with Crippen LogP contribution in [0.4, 0.5) is 5.69 Å². The predicted octanol–water partition coefficient (Wildman–Crippen LogP) is 4.07. The minimum atomic E-state index is -0.375. The average molecular weight is 299 g/mol. The highest BCUT2D eigenvalue weighted by Crippen LogP contribution is 2.32. The Hall–Kier alpha value is -0.190. The first-order valence-electron chi connectivity index (χ1n) is 4.96. The van der Waals surface area contributed by atoms with Crippen LogP contribution in [0.3, 0.4) is 0 Å². The molecular formula is C11H14Cl3NO2. The number of ether oxygens (including phenoxy) is 2. The number of halogens is 3. The van der Waals surface area contributed by atoms with Gasteiger partial charge in [-0.15, -0.1) is 0 Å². The van der Waals surface area contributed by atoms with E-state index in [4.69, 9.17) is 44.3 Å². The van der Waals surface area contributed by atoms with Crippen molar-refractivity contribution < 1.29 is 9.47 Å². The smallest absolute Gasteiger partial charge is 0.176 e. The third kappa shape index (κ3) is 3.90. The topological polar surface area (TPSA) is 30.5 Å². The van der Waals surface area contributed by atoms with Crippen molar-refractivity contribution in [1.82, 2.24) is 0 Å². The van der Waals surface area contributed by atoms with Crippen molar-refractivity contribution in [1.29, 1.82) is 0 Å². The number of hydrogen-bond donors (Lipinski definition) is 1. The van der Waals surface area contributed by atoms with Gasteiger partial charge in [0.2, 0.25) is 0 Å². The molecule has 1 atom stereocenters. The number of benzene rings is 1. The summed E-state index contributed by atoms with van der Waals surface area (Å²) in [6, 6.07) is 3.18. The Morgan fingerprint density at radius 1 is 1.00 bits per heavy atom. The molecule has 0 spiro atoms. The van der Waals surface area contributed by atoms with Crippen LogP contribution < -0.4 is 5.32 Å². The number of nitrogens with one attached hydrogen (secondary N) is 1.